The highest BCUT2D eigenvalue weighted by Crippen LogP contribution is 2.35. The molecule has 1 amide bonds. The van der Waals surface area contributed by atoms with Crippen LogP contribution in [-0.2, 0) is 16.6 Å². The molecule has 0 saturated carbocycles. The molecule has 4 rings (SSSR count). The number of carbonyl (C=O) groups is 1. The minimum atomic E-state index is -1.25. The first-order valence-electron chi connectivity index (χ1n) is 8.52. The van der Waals surface area contributed by atoms with Crippen LogP contribution in [0, 0.1) is 5.82 Å². The lowest BCUT2D eigenvalue weighted by Gasteiger charge is -2.18. The highest BCUT2D eigenvalue weighted by Gasteiger charge is 2.31. The summed E-state index contributed by atoms with van der Waals surface area (Å²) in [5, 5.41) is 5.17. The number of halogens is 3. The van der Waals surface area contributed by atoms with Crippen LogP contribution in [0.5, 0.6) is 0 Å². The molecule has 29 heavy (non-hydrogen) atoms. The Morgan fingerprint density at radius 1 is 1.17 bits per heavy atom. The highest BCUT2D eigenvalue weighted by molar-refractivity contribution is 7.84. The molecule has 3 aromatic rings. The molecule has 0 saturated heterocycles. The van der Waals surface area contributed by atoms with E-state index < -0.39 is 16.7 Å². The monoisotopic (exact) mass is 449 g/mol. The van der Waals surface area contributed by atoms with Crippen molar-refractivity contribution in [3.05, 3.63) is 80.8 Å². The number of rotatable bonds is 3. The smallest absolute Gasteiger partial charge is 0.269 e. The number of fused-ring (bicyclic) bond motifs is 1. The summed E-state index contributed by atoms with van der Waals surface area (Å²) in [6.07, 6.45) is 1.79. The van der Waals surface area contributed by atoms with Gasteiger partial charge in [-0.2, -0.15) is 5.10 Å². The van der Waals surface area contributed by atoms with Gasteiger partial charge in [-0.05, 0) is 47.5 Å². The van der Waals surface area contributed by atoms with Gasteiger partial charge in [0.2, 0.25) is 0 Å². The van der Waals surface area contributed by atoms with Gasteiger partial charge in [0.15, 0.2) is 5.69 Å². The SMILES string of the molecule is NC(=O)c1nn(-c2ccc(Cl)cc2Cl)c2c1CS(=O)C/C2=C\c1ccc(F)cc1. The molecule has 0 fully saturated rings. The molecule has 2 heterocycles. The molecule has 1 aliphatic rings. The van der Waals surface area contributed by atoms with Gasteiger partial charge in [0.1, 0.15) is 5.82 Å². The standard InChI is InChI=1S/C20H14Cl2FN3O2S/c21-13-3-6-17(16(22)8-13)26-19-12(7-11-1-4-14(23)5-2-11)9-29(28)10-15(19)18(25-26)20(24)27/h1-8H,9-10H2,(H2,24,27)/b12-7+. The number of nitrogens with zero attached hydrogens (tertiary/aromatic N) is 2. The van der Waals surface area contributed by atoms with Crippen molar-refractivity contribution in [3.63, 3.8) is 0 Å². The lowest BCUT2D eigenvalue weighted by atomic mass is 10.0. The third kappa shape index (κ3) is 3.85. The molecule has 2 N–H and O–H groups in total. The molecule has 1 unspecified atom stereocenters. The van der Waals surface area contributed by atoms with Crippen LogP contribution >= 0.6 is 23.2 Å². The Bertz CT molecular complexity index is 1190. The molecule has 9 heteroatoms. The van der Waals surface area contributed by atoms with Crippen LogP contribution in [0.25, 0.3) is 17.3 Å². The van der Waals surface area contributed by atoms with Crippen molar-refractivity contribution < 1.29 is 13.4 Å². The Kier molecular flexibility index (Phi) is 5.29. The van der Waals surface area contributed by atoms with Gasteiger partial charge >= 0.3 is 0 Å². The van der Waals surface area contributed by atoms with E-state index in [1.807, 2.05) is 0 Å². The first-order valence-corrected chi connectivity index (χ1v) is 10.8. The van der Waals surface area contributed by atoms with Crippen molar-refractivity contribution >= 4 is 51.6 Å². The van der Waals surface area contributed by atoms with Crippen LogP contribution in [0.2, 0.25) is 10.0 Å². The molecule has 0 aliphatic carbocycles. The van der Waals surface area contributed by atoms with Gasteiger partial charge < -0.3 is 5.73 Å². The lowest BCUT2D eigenvalue weighted by Crippen LogP contribution is -2.18. The van der Waals surface area contributed by atoms with Crippen molar-refractivity contribution in [1.29, 1.82) is 0 Å². The van der Waals surface area contributed by atoms with Gasteiger partial charge in [0.05, 0.1) is 27.9 Å². The molecule has 1 aromatic heterocycles. The van der Waals surface area contributed by atoms with Crippen LogP contribution in [0.15, 0.2) is 42.5 Å². The summed E-state index contributed by atoms with van der Waals surface area (Å²) in [7, 11) is -1.25. The third-order valence-electron chi connectivity index (χ3n) is 4.49. The van der Waals surface area contributed by atoms with Gasteiger partial charge in [0, 0.05) is 21.4 Å². The maximum absolute atomic E-state index is 13.3. The Morgan fingerprint density at radius 3 is 2.55 bits per heavy atom. The van der Waals surface area contributed by atoms with E-state index in [2.05, 4.69) is 5.10 Å². The van der Waals surface area contributed by atoms with Gasteiger partial charge in [-0.3, -0.25) is 9.00 Å². The second-order valence-electron chi connectivity index (χ2n) is 6.50. The van der Waals surface area contributed by atoms with Crippen LogP contribution in [0.4, 0.5) is 4.39 Å². The predicted molar refractivity (Wildman–Crippen MR) is 113 cm³/mol. The fourth-order valence-corrected chi connectivity index (χ4v) is 5.02. The third-order valence-corrected chi connectivity index (χ3v) is 6.27. The lowest BCUT2D eigenvalue weighted by molar-refractivity contribution is 0.0994. The average Bonchev–Trinajstić information content (AvgIpc) is 3.03. The van der Waals surface area contributed by atoms with Gasteiger partial charge in [0.25, 0.3) is 5.91 Å². The number of hydrogen-bond donors (Lipinski definition) is 1. The molecule has 2 aromatic carbocycles. The van der Waals surface area contributed by atoms with Crippen LogP contribution < -0.4 is 5.73 Å². The minimum Gasteiger partial charge on any atom is -0.364 e. The van der Waals surface area contributed by atoms with Crippen LogP contribution in [0.3, 0.4) is 0 Å². The summed E-state index contributed by atoms with van der Waals surface area (Å²) in [6, 6.07) is 10.8. The zero-order valence-electron chi connectivity index (χ0n) is 14.9. The van der Waals surface area contributed by atoms with E-state index in [-0.39, 0.29) is 23.0 Å². The normalized spacial score (nSPS) is 17.3. The molecular weight excluding hydrogens is 436 g/mol. The highest BCUT2D eigenvalue weighted by atomic mass is 35.5. The zero-order valence-corrected chi connectivity index (χ0v) is 17.2. The summed E-state index contributed by atoms with van der Waals surface area (Å²) in [5.74, 6) is -0.668. The summed E-state index contributed by atoms with van der Waals surface area (Å²) < 4.78 is 27.3. The topological polar surface area (TPSA) is 78.0 Å². The number of aromatic nitrogens is 2. The van der Waals surface area contributed by atoms with E-state index in [1.54, 1.807) is 36.4 Å². The molecule has 148 valence electrons. The second kappa shape index (κ2) is 7.74. The number of benzene rings is 2. The van der Waals surface area contributed by atoms with Crippen molar-refractivity contribution in [2.45, 2.75) is 5.75 Å². The van der Waals surface area contributed by atoms with E-state index in [4.69, 9.17) is 28.9 Å². The first-order chi connectivity index (χ1) is 13.8. The number of hydrogen-bond acceptors (Lipinski definition) is 3. The molecule has 0 spiro atoms. The predicted octanol–water partition coefficient (Wildman–Crippen LogP) is 4.22. The summed E-state index contributed by atoms with van der Waals surface area (Å²) in [4.78, 5) is 12.0. The number of amides is 1. The molecule has 0 bridgehead atoms. The van der Waals surface area contributed by atoms with E-state index in [9.17, 15) is 13.4 Å². The molecular formula is C20H14Cl2FN3O2S. The van der Waals surface area contributed by atoms with Crippen LogP contribution in [0.1, 0.15) is 27.3 Å². The van der Waals surface area contributed by atoms with Gasteiger partial charge in [-0.1, -0.05) is 35.3 Å². The zero-order chi connectivity index (χ0) is 20.7. The minimum absolute atomic E-state index is 0.0454. The van der Waals surface area contributed by atoms with Crippen molar-refractivity contribution in [3.8, 4) is 5.69 Å². The van der Waals surface area contributed by atoms with Gasteiger partial charge in [-0.15, -0.1) is 0 Å². The Balaban J connectivity index is 1.97. The maximum Gasteiger partial charge on any atom is 0.269 e. The Hall–Kier alpha value is -2.48. The number of nitrogens with two attached hydrogens (primary N) is 1. The molecule has 1 aliphatic heterocycles. The van der Waals surface area contributed by atoms with E-state index in [1.165, 1.54) is 16.8 Å². The molecule has 5 nitrogen and oxygen atoms in total. The van der Waals surface area contributed by atoms with Crippen molar-refractivity contribution in [1.82, 2.24) is 9.78 Å². The van der Waals surface area contributed by atoms with E-state index in [0.717, 1.165) is 5.56 Å². The van der Waals surface area contributed by atoms with Gasteiger partial charge in [-0.25, -0.2) is 9.07 Å². The van der Waals surface area contributed by atoms with E-state index >= 15 is 0 Å². The Labute approximate surface area is 178 Å². The molecule has 1 atom stereocenters. The summed E-state index contributed by atoms with van der Waals surface area (Å²) >= 11 is 12.4. The largest absolute Gasteiger partial charge is 0.364 e. The quantitative estimate of drug-likeness (QED) is 0.649. The summed E-state index contributed by atoms with van der Waals surface area (Å²) in [6.45, 7) is 0. The van der Waals surface area contributed by atoms with Crippen molar-refractivity contribution in [2.75, 3.05) is 5.75 Å². The van der Waals surface area contributed by atoms with E-state index in [0.29, 0.717) is 32.6 Å². The average molecular weight is 450 g/mol. The summed E-state index contributed by atoms with van der Waals surface area (Å²) in [5.41, 5.74) is 8.59. The maximum atomic E-state index is 13.3. The van der Waals surface area contributed by atoms with Crippen LogP contribution in [-0.4, -0.2) is 25.6 Å². The fraction of sp³-hybridized carbons (Fsp3) is 0.100. The Morgan fingerprint density at radius 2 is 1.90 bits per heavy atom. The fourth-order valence-electron chi connectivity index (χ4n) is 3.27. The molecule has 0 radical (unpaired) electrons. The first kappa shape index (κ1) is 19.8. The number of primary amides is 1. The second-order valence-corrected chi connectivity index (χ2v) is 8.80. The number of carbonyl (C=O) groups excluding carboxylic acids is 1. The van der Waals surface area contributed by atoms with Crippen molar-refractivity contribution in [2.24, 2.45) is 5.73 Å².